The molecule has 0 aliphatic heterocycles. The van der Waals surface area contributed by atoms with Gasteiger partial charge in [-0.3, -0.25) is 4.98 Å². The van der Waals surface area contributed by atoms with E-state index in [4.69, 9.17) is 0 Å². The number of hydrogen-bond acceptors (Lipinski definition) is 5. The number of hydrogen-bond donors (Lipinski definition) is 0. The molecule has 0 aromatic carbocycles. The molecule has 1 aromatic rings. The van der Waals surface area contributed by atoms with E-state index >= 15 is 0 Å². The Labute approximate surface area is 111 Å². The molecule has 7 heteroatoms. The molecule has 0 atom stereocenters. The number of carbonyl (C=O) groups is 2. The molecule has 0 saturated heterocycles. The quantitative estimate of drug-likeness (QED) is 0.543. The second-order valence-corrected chi connectivity index (χ2v) is 1.97. The molecule has 0 saturated carbocycles. The van der Waals surface area contributed by atoms with Gasteiger partial charge in [-0.2, -0.15) is 0 Å². The van der Waals surface area contributed by atoms with E-state index in [0.29, 0.717) is 0 Å². The summed E-state index contributed by atoms with van der Waals surface area (Å²) in [4.78, 5) is 23.9. The summed E-state index contributed by atoms with van der Waals surface area (Å²) in [6.07, 6.45) is 1.16. The average molecular weight is 381 g/mol. The van der Waals surface area contributed by atoms with Crippen molar-refractivity contribution in [3.63, 3.8) is 0 Å². The van der Waals surface area contributed by atoms with Crippen molar-refractivity contribution in [2.24, 2.45) is 0 Å². The number of carbonyl (C=O) groups excluding carboxylic acids is 2. The van der Waals surface area contributed by atoms with Gasteiger partial charge in [-0.1, -0.05) is 0 Å². The van der Waals surface area contributed by atoms with Crippen molar-refractivity contribution < 1.29 is 64.6 Å². The van der Waals surface area contributed by atoms with Gasteiger partial charge in [-0.15, -0.1) is 0 Å². The minimum absolute atomic E-state index is 0. The standard InChI is InChI=1S/C7H5NO4.2Ag/c9-6(10)4-2-1-3-8-5(4)7(11)12;;/h1-3H,(H,9,10)(H,11,12);;/q;2*+1/p-2. The van der Waals surface area contributed by atoms with Gasteiger partial charge in [-0.05, 0) is 12.1 Å². The van der Waals surface area contributed by atoms with Gasteiger partial charge in [0.05, 0.1) is 17.6 Å². The molecule has 0 aliphatic rings. The molecule has 0 unspecified atom stereocenters. The Morgan fingerprint density at radius 3 is 2.07 bits per heavy atom. The Kier molecular flexibility index (Phi) is 7.94. The summed E-state index contributed by atoms with van der Waals surface area (Å²) in [5.74, 6) is -3.21. The topological polar surface area (TPSA) is 93.2 Å². The van der Waals surface area contributed by atoms with E-state index in [-0.39, 0.29) is 44.8 Å². The van der Waals surface area contributed by atoms with E-state index in [1.54, 1.807) is 0 Å². The maximum Gasteiger partial charge on any atom is 1.00 e. The van der Waals surface area contributed by atoms with Gasteiger partial charge in [0.1, 0.15) is 0 Å². The number of carboxylic acids is 2. The monoisotopic (exact) mass is 379 g/mol. The molecular weight excluding hydrogens is 378 g/mol. The molecule has 5 nitrogen and oxygen atoms in total. The summed E-state index contributed by atoms with van der Waals surface area (Å²) in [7, 11) is 0. The zero-order valence-corrected chi connectivity index (χ0v) is 9.38. The molecule has 0 spiro atoms. The summed E-state index contributed by atoms with van der Waals surface area (Å²) < 4.78 is 0. The first-order valence-electron chi connectivity index (χ1n) is 3.00. The fourth-order valence-corrected chi connectivity index (χ4v) is 0.733. The van der Waals surface area contributed by atoms with Crippen LogP contribution in [0.3, 0.4) is 0 Å². The number of pyridine rings is 1. The van der Waals surface area contributed by atoms with Crippen LogP contribution in [-0.4, -0.2) is 16.9 Å². The van der Waals surface area contributed by atoms with Crippen molar-refractivity contribution in [2.45, 2.75) is 0 Å². The van der Waals surface area contributed by atoms with Gasteiger partial charge in [0.15, 0.2) is 0 Å². The largest absolute Gasteiger partial charge is 1.00 e. The zero-order chi connectivity index (χ0) is 9.14. The normalized spacial score (nSPS) is 8.00. The van der Waals surface area contributed by atoms with Crippen LogP contribution in [0.4, 0.5) is 0 Å². The fourth-order valence-electron chi connectivity index (χ4n) is 0.733. The summed E-state index contributed by atoms with van der Waals surface area (Å²) in [5.41, 5.74) is -1.09. The smallest absolute Gasteiger partial charge is 0.545 e. The number of nitrogens with zero attached hydrogens (tertiary/aromatic N) is 1. The van der Waals surface area contributed by atoms with E-state index in [9.17, 15) is 19.8 Å². The van der Waals surface area contributed by atoms with E-state index in [0.717, 1.165) is 12.3 Å². The number of aromatic nitrogens is 1. The molecule has 14 heavy (non-hydrogen) atoms. The Morgan fingerprint density at radius 1 is 1.14 bits per heavy atom. The van der Waals surface area contributed by atoms with Gasteiger partial charge in [-0.25, -0.2) is 0 Å². The van der Waals surface area contributed by atoms with Crippen LogP contribution in [-0.2, 0) is 44.8 Å². The van der Waals surface area contributed by atoms with Crippen LogP contribution in [0.15, 0.2) is 18.3 Å². The summed E-state index contributed by atoms with van der Waals surface area (Å²) in [5, 5.41) is 20.5. The Morgan fingerprint density at radius 2 is 1.71 bits per heavy atom. The van der Waals surface area contributed by atoms with Crippen molar-refractivity contribution in [1.82, 2.24) is 4.98 Å². The third-order valence-electron chi connectivity index (χ3n) is 1.22. The van der Waals surface area contributed by atoms with Gasteiger partial charge < -0.3 is 19.8 Å². The van der Waals surface area contributed by atoms with Crippen LogP contribution < -0.4 is 10.2 Å². The first kappa shape index (κ1) is 16.0. The van der Waals surface area contributed by atoms with E-state index in [1.165, 1.54) is 6.07 Å². The van der Waals surface area contributed by atoms with Crippen LogP contribution in [0.25, 0.3) is 0 Å². The summed E-state index contributed by atoms with van der Waals surface area (Å²) >= 11 is 0. The van der Waals surface area contributed by atoms with Crippen molar-refractivity contribution in [3.8, 4) is 0 Å². The second-order valence-electron chi connectivity index (χ2n) is 1.97. The van der Waals surface area contributed by atoms with Crippen LogP contribution in [0.2, 0.25) is 0 Å². The predicted molar refractivity (Wildman–Crippen MR) is 32.9 cm³/mol. The van der Waals surface area contributed by atoms with Crippen molar-refractivity contribution >= 4 is 11.9 Å². The Balaban J connectivity index is 0. The molecule has 0 amide bonds. The van der Waals surface area contributed by atoms with Crippen molar-refractivity contribution in [3.05, 3.63) is 29.6 Å². The van der Waals surface area contributed by atoms with E-state index < -0.39 is 23.2 Å². The van der Waals surface area contributed by atoms with Crippen LogP contribution in [0.1, 0.15) is 20.8 Å². The maximum absolute atomic E-state index is 10.3. The maximum atomic E-state index is 10.3. The van der Waals surface area contributed by atoms with Gasteiger partial charge >= 0.3 is 44.8 Å². The Bertz CT molecular complexity index is 309. The third kappa shape index (κ3) is 3.75. The first-order chi connectivity index (χ1) is 5.63. The number of aromatic carboxylic acids is 2. The SMILES string of the molecule is O=C([O-])c1cccnc1C(=O)[O-].[Ag+].[Ag+]. The Hall–Kier alpha value is -0.429. The predicted octanol–water partition coefficient (Wildman–Crippen LogP) is -2.20. The molecule has 1 rings (SSSR count). The number of carboxylic acid groups (broad SMARTS) is 2. The van der Waals surface area contributed by atoms with Gasteiger partial charge in [0, 0.05) is 11.8 Å². The van der Waals surface area contributed by atoms with Crippen molar-refractivity contribution in [1.29, 1.82) is 0 Å². The summed E-state index contributed by atoms with van der Waals surface area (Å²) in [6, 6.07) is 2.39. The second kappa shape index (κ2) is 6.94. The minimum Gasteiger partial charge on any atom is -0.545 e. The molecule has 0 N–H and O–H groups in total. The van der Waals surface area contributed by atoms with Crippen molar-refractivity contribution in [2.75, 3.05) is 0 Å². The van der Waals surface area contributed by atoms with Gasteiger partial charge in [0.2, 0.25) is 0 Å². The number of rotatable bonds is 2. The van der Waals surface area contributed by atoms with Gasteiger partial charge in [0.25, 0.3) is 0 Å². The van der Waals surface area contributed by atoms with Crippen LogP contribution in [0, 0.1) is 0 Å². The molecular formula is C7H3Ag2NO4. The average Bonchev–Trinajstić information content (AvgIpc) is 2.04. The van der Waals surface area contributed by atoms with E-state index in [2.05, 4.69) is 4.98 Å². The fraction of sp³-hybridized carbons (Fsp3) is 0. The minimum atomic E-state index is -1.63. The van der Waals surface area contributed by atoms with Crippen LogP contribution >= 0.6 is 0 Å². The first-order valence-corrected chi connectivity index (χ1v) is 3.00. The molecule has 0 radical (unpaired) electrons. The molecule has 82 valence electrons. The molecule has 0 aliphatic carbocycles. The third-order valence-corrected chi connectivity index (χ3v) is 1.22. The molecule has 0 bridgehead atoms. The van der Waals surface area contributed by atoms with Crippen LogP contribution in [0.5, 0.6) is 0 Å². The summed E-state index contributed by atoms with van der Waals surface area (Å²) in [6.45, 7) is 0. The zero-order valence-electron chi connectivity index (χ0n) is 6.42. The molecule has 1 aromatic heterocycles. The van der Waals surface area contributed by atoms with E-state index in [1.807, 2.05) is 0 Å². The molecule has 0 fully saturated rings. The molecule has 1 heterocycles.